The molecule has 3 aromatic rings. The lowest BCUT2D eigenvalue weighted by molar-refractivity contribution is -0.118. The first-order chi connectivity index (χ1) is 17.3. The highest BCUT2D eigenvalue weighted by atomic mass is 35.5. The number of halogens is 3. The van der Waals surface area contributed by atoms with Crippen LogP contribution in [0.25, 0.3) is 6.08 Å². The molecule has 0 bridgehead atoms. The normalized spacial score (nSPS) is 10.8. The van der Waals surface area contributed by atoms with E-state index in [9.17, 15) is 19.2 Å². The van der Waals surface area contributed by atoms with Gasteiger partial charge in [0.25, 0.3) is 11.8 Å². The van der Waals surface area contributed by atoms with Crippen molar-refractivity contribution < 1.29 is 23.5 Å². The van der Waals surface area contributed by atoms with E-state index in [-0.39, 0.29) is 28.7 Å². The van der Waals surface area contributed by atoms with Gasteiger partial charge in [0.1, 0.15) is 17.5 Å². The Bertz CT molecular complexity index is 1340. The smallest absolute Gasteiger partial charge is 0.266 e. The number of amides is 2. The molecule has 0 heterocycles. The number of rotatable bonds is 9. The van der Waals surface area contributed by atoms with Crippen molar-refractivity contribution in [1.82, 2.24) is 0 Å². The molecular weight excluding hydrogens is 508 g/mol. The summed E-state index contributed by atoms with van der Waals surface area (Å²) < 4.78 is 24.2. The van der Waals surface area contributed by atoms with E-state index in [1.165, 1.54) is 42.5 Å². The van der Waals surface area contributed by atoms with Crippen LogP contribution in [-0.2, 0) is 9.59 Å². The Balaban J connectivity index is 1.77. The zero-order chi connectivity index (χ0) is 26.1. The predicted octanol–water partition coefficient (Wildman–Crippen LogP) is 6.09. The first kappa shape index (κ1) is 26.5. The van der Waals surface area contributed by atoms with Crippen LogP contribution in [0.2, 0.25) is 10.0 Å². The van der Waals surface area contributed by atoms with Gasteiger partial charge in [-0.1, -0.05) is 35.3 Å². The third-order valence-corrected chi connectivity index (χ3v) is 5.22. The zero-order valence-corrected chi connectivity index (χ0v) is 20.5. The third kappa shape index (κ3) is 7.22. The van der Waals surface area contributed by atoms with Gasteiger partial charge in [0.2, 0.25) is 0 Å². The maximum absolute atomic E-state index is 13.0. The summed E-state index contributed by atoms with van der Waals surface area (Å²) in [5.74, 6) is -1.24. The number of nitrogens with one attached hydrogen (secondary N) is 2. The van der Waals surface area contributed by atoms with Gasteiger partial charge in [-0.3, -0.25) is 9.59 Å². The highest BCUT2D eigenvalue weighted by Gasteiger charge is 2.16. The minimum atomic E-state index is -0.655. The summed E-state index contributed by atoms with van der Waals surface area (Å²) in [6.07, 6.45) is 1.34. The molecule has 7 nitrogen and oxygen atoms in total. The lowest BCUT2D eigenvalue weighted by atomic mass is 10.1. The molecular formula is C26H20Cl2FN3O4. The molecule has 0 unspecified atom stereocenters. The number of hydrogen-bond acceptors (Lipinski definition) is 5. The molecule has 184 valence electrons. The van der Waals surface area contributed by atoms with Gasteiger partial charge in [0.05, 0.1) is 22.3 Å². The Labute approximate surface area is 217 Å². The van der Waals surface area contributed by atoms with E-state index in [4.69, 9.17) is 32.7 Å². The lowest BCUT2D eigenvalue weighted by Crippen LogP contribution is -2.20. The summed E-state index contributed by atoms with van der Waals surface area (Å²) in [4.78, 5) is 24.8. The molecule has 0 radical (unpaired) electrons. The SMILES string of the molecule is CCOc1cc(/C=C(\C#N)C(=O)Nc2ccccc2Cl)cc(Cl)c1OCC(=O)Nc1ccc(F)cc1. The van der Waals surface area contributed by atoms with Crippen LogP contribution in [0.5, 0.6) is 11.5 Å². The Morgan fingerprint density at radius 2 is 1.75 bits per heavy atom. The number of nitrogens with zero attached hydrogens (tertiary/aromatic N) is 1. The molecule has 3 rings (SSSR count). The lowest BCUT2D eigenvalue weighted by Gasteiger charge is -2.15. The molecule has 0 atom stereocenters. The average molecular weight is 528 g/mol. The van der Waals surface area contributed by atoms with Gasteiger partial charge >= 0.3 is 0 Å². The maximum Gasteiger partial charge on any atom is 0.266 e. The van der Waals surface area contributed by atoms with Gasteiger partial charge in [-0.15, -0.1) is 0 Å². The molecule has 0 aliphatic heterocycles. The monoisotopic (exact) mass is 527 g/mol. The first-order valence-electron chi connectivity index (χ1n) is 10.6. The summed E-state index contributed by atoms with van der Waals surface area (Å²) in [5.41, 5.74) is 0.972. The van der Waals surface area contributed by atoms with Crippen LogP contribution >= 0.6 is 23.2 Å². The highest BCUT2D eigenvalue weighted by molar-refractivity contribution is 6.34. The molecule has 10 heteroatoms. The van der Waals surface area contributed by atoms with E-state index < -0.39 is 24.2 Å². The number of anilines is 2. The van der Waals surface area contributed by atoms with Crippen molar-refractivity contribution in [3.05, 3.63) is 87.7 Å². The summed E-state index contributed by atoms with van der Waals surface area (Å²) in [7, 11) is 0. The minimum Gasteiger partial charge on any atom is -0.490 e. The van der Waals surface area contributed by atoms with Crippen molar-refractivity contribution >= 4 is 52.5 Å². The summed E-state index contributed by atoms with van der Waals surface area (Å²) in [6.45, 7) is 1.62. The van der Waals surface area contributed by atoms with Gasteiger partial charge < -0.3 is 20.1 Å². The third-order valence-electron chi connectivity index (χ3n) is 4.61. The minimum absolute atomic E-state index is 0.102. The van der Waals surface area contributed by atoms with E-state index in [1.54, 1.807) is 31.2 Å². The van der Waals surface area contributed by atoms with Crippen molar-refractivity contribution in [2.75, 3.05) is 23.8 Å². The Kier molecular flexibility index (Phi) is 9.28. The predicted molar refractivity (Wildman–Crippen MR) is 137 cm³/mol. The fourth-order valence-corrected chi connectivity index (χ4v) is 3.47. The summed E-state index contributed by atoms with van der Waals surface area (Å²) in [6, 6.07) is 16.8. The quantitative estimate of drug-likeness (QED) is 0.259. The van der Waals surface area contributed by atoms with Crippen molar-refractivity contribution in [2.24, 2.45) is 0 Å². The van der Waals surface area contributed by atoms with Crippen LogP contribution in [0, 0.1) is 17.1 Å². The highest BCUT2D eigenvalue weighted by Crippen LogP contribution is 2.37. The maximum atomic E-state index is 13.0. The molecule has 36 heavy (non-hydrogen) atoms. The second kappa shape index (κ2) is 12.6. The van der Waals surface area contributed by atoms with Crippen LogP contribution in [0.15, 0.2) is 66.2 Å². The fourth-order valence-electron chi connectivity index (χ4n) is 3.01. The topological polar surface area (TPSA) is 100 Å². The first-order valence-corrected chi connectivity index (χ1v) is 11.4. The van der Waals surface area contributed by atoms with Crippen LogP contribution in [0.4, 0.5) is 15.8 Å². The van der Waals surface area contributed by atoms with E-state index >= 15 is 0 Å². The van der Waals surface area contributed by atoms with Crippen LogP contribution in [0.3, 0.4) is 0 Å². The molecule has 0 saturated heterocycles. The number of carbonyl (C=O) groups is 2. The molecule has 0 fully saturated rings. The summed E-state index contributed by atoms with van der Waals surface area (Å²) in [5, 5.41) is 15.1. The molecule has 0 spiro atoms. The molecule has 2 N–H and O–H groups in total. The largest absolute Gasteiger partial charge is 0.490 e. The van der Waals surface area contributed by atoms with Gasteiger partial charge in [-0.05, 0) is 67.1 Å². The Hall–Kier alpha value is -4.06. The van der Waals surface area contributed by atoms with Gasteiger partial charge in [-0.2, -0.15) is 5.26 Å². The number of ether oxygens (including phenoxy) is 2. The van der Waals surface area contributed by atoms with Crippen LogP contribution in [-0.4, -0.2) is 25.0 Å². The second-order valence-electron chi connectivity index (χ2n) is 7.21. The van der Waals surface area contributed by atoms with Gasteiger partial charge in [-0.25, -0.2) is 4.39 Å². The van der Waals surface area contributed by atoms with Crippen molar-refractivity contribution in [2.45, 2.75) is 6.92 Å². The molecule has 0 aromatic heterocycles. The van der Waals surface area contributed by atoms with Crippen molar-refractivity contribution in [3.8, 4) is 17.6 Å². The second-order valence-corrected chi connectivity index (χ2v) is 8.02. The number of para-hydroxylation sites is 1. The molecule has 2 amide bonds. The number of nitriles is 1. The van der Waals surface area contributed by atoms with Crippen LogP contribution < -0.4 is 20.1 Å². The Morgan fingerprint density at radius 3 is 2.42 bits per heavy atom. The molecule has 0 saturated carbocycles. The molecule has 3 aromatic carbocycles. The average Bonchev–Trinajstić information content (AvgIpc) is 2.85. The number of benzene rings is 3. The van der Waals surface area contributed by atoms with Gasteiger partial charge in [0, 0.05) is 5.69 Å². The molecule has 0 aliphatic carbocycles. The number of carbonyl (C=O) groups excluding carboxylic acids is 2. The van der Waals surface area contributed by atoms with E-state index in [2.05, 4.69) is 10.6 Å². The fraction of sp³-hybridized carbons (Fsp3) is 0.115. The Morgan fingerprint density at radius 1 is 1.03 bits per heavy atom. The zero-order valence-electron chi connectivity index (χ0n) is 19.0. The number of hydrogen-bond donors (Lipinski definition) is 2. The van der Waals surface area contributed by atoms with Crippen molar-refractivity contribution in [1.29, 1.82) is 5.26 Å². The van der Waals surface area contributed by atoms with Crippen molar-refractivity contribution in [3.63, 3.8) is 0 Å². The van der Waals surface area contributed by atoms with E-state index in [1.807, 2.05) is 6.07 Å². The summed E-state index contributed by atoms with van der Waals surface area (Å²) >= 11 is 12.4. The van der Waals surface area contributed by atoms with E-state index in [0.717, 1.165) is 0 Å². The standard InChI is InChI=1S/C26H20Cl2FN3O4/c1-2-35-23-13-16(11-17(14-30)26(34)32-22-6-4-3-5-20(22)27)12-21(28)25(23)36-15-24(33)31-19-9-7-18(29)8-10-19/h3-13H,2,15H2,1H3,(H,31,33)(H,32,34)/b17-11+. The van der Waals surface area contributed by atoms with Crippen LogP contribution in [0.1, 0.15) is 12.5 Å². The van der Waals surface area contributed by atoms with E-state index in [0.29, 0.717) is 22.0 Å². The molecule has 0 aliphatic rings. The van der Waals surface area contributed by atoms with Gasteiger partial charge in [0.15, 0.2) is 18.1 Å².